The van der Waals surface area contributed by atoms with Crippen LogP contribution in [0.5, 0.6) is 5.75 Å². The van der Waals surface area contributed by atoms with Gasteiger partial charge in [-0.1, -0.05) is 12.8 Å². The maximum absolute atomic E-state index is 12.6. The van der Waals surface area contributed by atoms with Crippen LogP contribution in [0.3, 0.4) is 0 Å². The van der Waals surface area contributed by atoms with Crippen LogP contribution in [-0.2, 0) is 0 Å². The third kappa shape index (κ3) is 7.28. The molecule has 3 N–H and O–H groups in total. The van der Waals surface area contributed by atoms with Crippen molar-refractivity contribution in [2.45, 2.75) is 63.0 Å². The van der Waals surface area contributed by atoms with E-state index in [1.165, 1.54) is 12.1 Å². The van der Waals surface area contributed by atoms with Gasteiger partial charge in [-0.2, -0.15) is 5.26 Å². The third-order valence-electron chi connectivity index (χ3n) is 6.66. The normalized spacial score (nSPS) is 22.4. The van der Waals surface area contributed by atoms with Crippen LogP contribution in [0.4, 0.5) is 29.3 Å². The number of hydrogen-bond donors (Lipinski definition) is 3. The molecule has 192 valence electrons. The van der Waals surface area contributed by atoms with E-state index in [1.54, 1.807) is 0 Å². The summed E-state index contributed by atoms with van der Waals surface area (Å²) in [5.41, 5.74) is 2.13. The van der Waals surface area contributed by atoms with Crippen molar-refractivity contribution in [1.29, 1.82) is 5.26 Å². The number of halogens is 3. The summed E-state index contributed by atoms with van der Waals surface area (Å²) < 4.78 is 40.9. The van der Waals surface area contributed by atoms with Crippen LogP contribution in [0, 0.1) is 11.3 Å². The Kier molecular flexibility index (Phi) is 8.21. The number of alkyl halides is 3. The van der Waals surface area contributed by atoms with Crippen molar-refractivity contribution in [3.05, 3.63) is 54.1 Å². The van der Waals surface area contributed by atoms with Gasteiger partial charge in [0.15, 0.2) is 0 Å². The lowest BCUT2D eigenvalue weighted by molar-refractivity contribution is -0.274. The number of carbonyl (C=O) groups excluding carboxylic acids is 1. The number of rotatable bonds is 6. The van der Waals surface area contributed by atoms with Crippen molar-refractivity contribution in [3.63, 3.8) is 0 Å². The Bertz CT molecular complexity index is 1050. The first-order valence-corrected chi connectivity index (χ1v) is 12.2. The smallest absolute Gasteiger partial charge is 0.406 e. The Morgan fingerprint density at radius 2 is 1.67 bits per heavy atom. The molecule has 0 aromatic heterocycles. The Balaban J connectivity index is 1.30. The van der Waals surface area contributed by atoms with Crippen molar-refractivity contribution >= 4 is 17.4 Å². The molecule has 2 aromatic carbocycles. The highest BCUT2D eigenvalue weighted by Crippen LogP contribution is 2.25. The summed E-state index contributed by atoms with van der Waals surface area (Å²) in [6, 6.07) is 14.8. The zero-order chi connectivity index (χ0) is 25.5. The fourth-order valence-corrected chi connectivity index (χ4v) is 4.98. The molecule has 1 saturated heterocycles. The van der Waals surface area contributed by atoms with Crippen LogP contribution < -0.4 is 25.6 Å². The number of urea groups is 1. The van der Waals surface area contributed by atoms with Gasteiger partial charge in [0, 0.05) is 42.6 Å². The largest absolute Gasteiger partial charge is 0.573 e. The van der Waals surface area contributed by atoms with Crippen molar-refractivity contribution in [3.8, 4) is 11.8 Å². The maximum atomic E-state index is 12.6. The zero-order valence-electron chi connectivity index (χ0n) is 19.9. The minimum Gasteiger partial charge on any atom is -0.406 e. The lowest BCUT2D eigenvalue weighted by Crippen LogP contribution is -2.57. The molecular weight excluding hydrogens is 471 g/mol. The lowest BCUT2D eigenvalue weighted by atomic mass is 9.89. The number of amides is 2. The molecule has 0 spiro atoms. The van der Waals surface area contributed by atoms with E-state index in [4.69, 9.17) is 5.26 Å². The van der Waals surface area contributed by atoms with Crippen LogP contribution in [0.15, 0.2) is 48.5 Å². The van der Waals surface area contributed by atoms with Gasteiger partial charge in [0.05, 0.1) is 11.6 Å². The molecule has 10 heteroatoms. The van der Waals surface area contributed by atoms with Gasteiger partial charge in [-0.3, -0.25) is 0 Å². The van der Waals surface area contributed by atoms with Gasteiger partial charge in [0.1, 0.15) is 5.75 Å². The molecule has 1 aliphatic heterocycles. The van der Waals surface area contributed by atoms with Crippen LogP contribution in [0.2, 0.25) is 0 Å². The van der Waals surface area contributed by atoms with Gasteiger partial charge in [-0.15, -0.1) is 13.2 Å². The molecule has 2 aliphatic rings. The van der Waals surface area contributed by atoms with E-state index in [1.807, 2.05) is 24.3 Å². The van der Waals surface area contributed by atoms with Crippen molar-refractivity contribution in [2.24, 2.45) is 0 Å². The zero-order valence-corrected chi connectivity index (χ0v) is 19.9. The molecule has 1 aliphatic carbocycles. The van der Waals surface area contributed by atoms with E-state index < -0.39 is 6.36 Å². The van der Waals surface area contributed by atoms with E-state index >= 15 is 0 Å². The minimum absolute atomic E-state index is 0.0446. The van der Waals surface area contributed by atoms with Gasteiger partial charge >= 0.3 is 12.4 Å². The number of anilines is 2. The Morgan fingerprint density at radius 3 is 2.33 bits per heavy atom. The summed E-state index contributed by atoms with van der Waals surface area (Å²) in [5.74, 6) is -0.340. The molecular formula is C26H30F3N5O2. The highest BCUT2D eigenvalue weighted by Gasteiger charge is 2.32. The molecule has 2 fully saturated rings. The van der Waals surface area contributed by atoms with Gasteiger partial charge in [-0.25, -0.2) is 4.79 Å². The third-order valence-corrected chi connectivity index (χ3v) is 6.66. The number of nitriles is 1. The topological polar surface area (TPSA) is 89.4 Å². The van der Waals surface area contributed by atoms with Gasteiger partial charge in [0.25, 0.3) is 0 Å². The van der Waals surface area contributed by atoms with E-state index in [-0.39, 0.29) is 29.9 Å². The number of ether oxygens (including phenoxy) is 1. The molecule has 2 amide bonds. The second kappa shape index (κ2) is 11.5. The first kappa shape index (κ1) is 25.6. The van der Waals surface area contributed by atoms with Crippen molar-refractivity contribution in [1.82, 2.24) is 10.6 Å². The highest BCUT2D eigenvalue weighted by molar-refractivity contribution is 5.89. The molecule has 0 bridgehead atoms. The Morgan fingerprint density at radius 1 is 0.972 bits per heavy atom. The summed E-state index contributed by atoms with van der Waals surface area (Å²) in [5, 5.41) is 18.5. The molecule has 3 atom stereocenters. The number of hydrogen-bond acceptors (Lipinski definition) is 5. The fraction of sp³-hybridized carbons (Fsp3) is 0.462. The van der Waals surface area contributed by atoms with Crippen LogP contribution in [-0.4, -0.2) is 43.6 Å². The summed E-state index contributed by atoms with van der Waals surface area (Å²) >= 11 is 0. The number of nitrogens with zero attached hydrogens (tertiary/aromatic N) is 2. The molecule has 1 unspecified atom stereocenters. The van der Waals surface area contributed by atoms with Crippen LogP contribution in [0.1, 0.15) is 44.1 Å². The average Bonchev–Trinajstić information content (AvgIpc) is 2.86. The quantitative estimate of drug-likeness (QED) is 0.510. The van der Waals surface area contributed by atoms with E-state index in [0.717, 1.165) is 69.4 Å². The van der Waals surface area contributed by atoms with E-state index in [0.29, 0.717) is 11.3 Å². The van der Waals surface area contributed by atoms with Crippen molar-refractivity contribution in [2.75, 3.05) is 23.3 Å². The predicted octanol–water partition coefficient (Wildman–Crippen LogP) is 5.15. The summed E-state index contributed by atoms with van der Waals surface area (Å²) in [6.45, 7) is 1.82. The highest BCUT2D eigenvalue weighted by atomic mass is 19.4. The predicted molar refractivity (Wildman–Crippen MR) is 131 cm³/mol. The monoisotopic (exact) mass is 501 g/mol. The maximum Gasteiger partial charge on any atom is 0.573 e. The number of carbonyl (C=O) groups is 1. The number of piperidine rings is 1. The Labute approximate surface area is 208 Å². The minimum atomic E-state index is -4.76. The molecule has 1 saturated carbocycles. The number of benzene rings is 2. The molecule has 7 nitrogen and oxygen atoms in total. The average molecular weight is 502 g/mol. The summed E-state index contributed by atoms with van der Waals surface area (Å²) in [4.78, 5) is 15.0. The van der Waals surface area contributed by atoms with Gasteiger partial charge < -0.3 is 25.6 Å². The van der Waals surface area contributed by atoms with Crippen LogP contribution >= 0.6 is 0 Å². The standard InChI is InChI=1S/C26H30F3N5O2/c27-26(28,29)36-22-13-9-19(10-14-22)32-25(35)33-24-6-2-1-5-23(24)31-20-4-3-15-34(17-20)21-11-7-18(16-30)8-12-21/h7-14,20,23-24,31H,1-6,15,17H2,(H2,32,33,35)/t20?,23-,24-/m1/s1. The molecule has 2 aromatic rings. The molecule has 36 heavy (non-hydrogen) atoms. The van der Waals surface area contributed by atoms with Gasteiger partial charge in [-0.05, 0) is 74.2 Å². The van der Waals surface area contributed by atoms with Crippen molar-refractivity contribution < 1.29 is 22.7 Å². The SMILES string of the molecule is N#Cc1ccc(N2CCCC(N[C@@H]3CCCC[C@H]3NC(=O)Nc3ccc(OC(F)(F)F)cc3)C2)cc1. The second-order valence-corrected chi connectivity index (χ2v) is 9.28. The molecule has 4 rings (SSSR count). The molecule has 1 heterocycles. The number of nitrogens with one attached hydrogen (secondary N) is 3. The second-order valence-electron chi connectivity index (χ2n) is 9.28. The Hall–Kier alpha value is -3.45. The summed E-state index contributed by atoms with van der Waals surface area (Å²) in [6.07, 6.45) is 1.27. The summed E-state index contributed by atoms with van der Waals surface area (Å²) in [7, 11) is 0. The van der Waals surface area contributed by atoms with E-state index in [9.17, 15) is 18.0 Å². The fourth-order valence-electron chi connectivity index (χ4n) is 4.98. The van der Waals surface area contributed by atoms with E-state index in [2.05, 4.69) is 31.7 Å². The van der Waals surface area contributed by atoms with Gasteiger partial charge in [0.2, 0.25) is 0 Å². The van der Waals surface area contributed by atoms with Crippen LogP contribution in [0.25, 0.3) is 0 Å². The first-order valence-electron chi connectivity index (χ1n) is 12.2. The molecule has 0 radical (unpaired) electrons. The lowest BCUT2D eigenvalue weighted by Gasteiger charge is -2.40. The first-order chi connectivity index (χ1) is 17.3.